The molecule has 1 atom stereocenters. The lowest BCUT2D eigenvalue weighted by molar-refractivity contribution is -0.132. The first-order chi connectivity index (χ1) is 19.4. The van der Waals surface area contributed by atoms with Crippen LogP contribution in [-0.4, -0.2) is 40.2 Å². The average molecular weight is 592 g/mol. The number of aryl methyl sites for hydroxylation is 1. The fraction of sp³-hybridized carbons (Fsp3) is 0.172. The van der Waals surface area contributed by atoms with Gasteiger partial charge in [-0.1, -0.05) is 76.7 Å². The van der Waals surface area contributed by atoms with E-state index in [1.165, 1.54) is 33.6 Å². The zero-order valence-corrected chi connectivity index (χ0v) is 23.6. The number of hydrogen-bond donors (Lipinski definition) is 1. The number of carbonyl (C=O) groups is 2. The van der Waals surface area contributed by atoms with Crippen molar-refractivity contribution in [3.63, 3.8) is 0 Å². The van der Waals surface area contributed by atoms with E-state index in [0.29, 0.717) is 51.0 Å². The third-order valence-corrected chi connectivity index (χ3v) is 8.87. The summed E-state index contributed by atoms with van der Waals surface area (Å²) in [7, 11) is 0. The van der Waals surface area contributed by atoms with Crippen LogP contribution in [0, 0.1) is 6.92 Å². The molecule has 0 bridgehead atoms. The molecule has 1 fully saturated rings. The van der Waals surface area contributed by atoms with E-state index in [1.807, 2.05) is 19.1 Å². The van der Waals surface area contributed by atoms with Crippen molar-refractivity contribution >= 4 is 57.3 Å². The molecule has 6 rings (SSSR count). The zero-order valence-electron chi connectivity index (χ0n) is 21.2. The van der Waals surface area contributed by atoms with Crippen molar-refractivity contribution in [1.29, 1.82) is 0 Å². The summed E-state index contributed by atoms with van der Waals surface area (Å²) in [4.78, 5) is 28.2. The summed E-state index contributed by atoms with van der Waals surface area (Å²) < 4.78 is 11.9. The van der Waals surface area contributed by atoms with Crippen molar-refractivity contribution in [2.24, 2.45) is 0 Å². The largest absolute Gasteiger partial charge is 0.507 e. The summed E-state index contributed by atoms with van der Waals surface area (Å²) in [6.07, 6.45) is 0. The summed E-state index contributed by atoms with van der Waals surface area (Å²) in [5.74, 6) is -0.310. The second kappa shape index (κ2) is 11.0. The predicted octanol–water partition coefficient (Wildman–Crippen LogP) is 6.19. The highest BCUT2D eigenvalue weighted by Gasteiger charge is 2.48. The van der Waals surface area contributed by atoms with E-state index in [4.69, 9.17) is 21.1 Å². The first-order valence-electron chi connectivity index (χ1n) is 12.4. The van der Waals surface area contributed by atoms with Gasteiger partial charge in [0, 0.05) is 16.3 Å². The molecule has 4 aromatic rings. The molecule has 1 amide bonds. The molecule has 202 valence electrons. The molecule has 1 unspecified atom stereocenters. The number of aliphatic hydroxyl groups is 1. The number of rotatable bonds is 6. The van der Waals surface area contributed by atoms with Gasteiger partial charge >= 0.3 is 5.91 Å². The van der Waals surface area contributed by atoms with Crippen LogP contribution in [0.25, 0.3) is 5.76 Å². The Bertz CT molecular complexity index is 1650. The number of aliphatic hydroxyl groups excluding tert-OH is 1. The summed E-state index contributed by atoms with van der Waals surface area (Å²) in [6, 6.07) is 19.0. The van der Waals surface area contributed by atoms with E-state index in [9.17, 15) is 14.7 Å². The first-order valence-corrected chi connectivity index (χ1v) is 14.6. The highest BCUT2D eigenvalue weighted by Crippen LogP contribution is 2.45. The lowest BCUT2D eigenvalue weighted by Gasteiger charge is -2.23. The van der Waals surface area contributed by atoms with Gasteiger partial charge in [0.2, 0.25) is 5.13 Å². The van der Waals surface area contributed by atoms with Crippen LogP contribution in [0.3, 0.4) is 0 Å². The molecule has 11 heteroatoms. The minimum Gasteiger partial charge on any atom is -0.507 e. The van der Waals surface area contributed by atoms with Gasteiger partial charge in [-0.3, -0.25) is 14.5 Å². The normalized spacial score (nSPS) is 17.9. The smallest absolute Gasteiger partial charge is 0.301 e. The SMILES string of the molecule is Cc1ccc(CSc2nnc(N3C(=O)C(=O)C(=C(O)c4ccc5c(c4)OCCO5)C3c3cccc(Cl)c3)s2)cc1. The Kier molecular flexibility index (Phi) is 7.22. The maximum absolute atomic E-state index is 13.5. The summed E-state index contributed by atoms with van der Waals surface area (Å²) >= 11 is 9.00. The molecule has 2 aliphatic heterocycles. The third-order valence-electron chi connectivity index (χ3n) is 6.51. The van der Waals surface area contributed by atoms with Crippen LogP contribution < -0.4 is 14.4 Å². The average Bonchev–Trinajstić information content (AvgIpc) is 3.54. The number of carbonyl (C=O) groups excluding carboxylic acids is 2. The zero-order chi connectivity index (χ0) is 27.8. The fourth-order valence-electron chi connectivity index (χ4n) is 4.56. The summed E-state index contributed by atoms with van der Waals surface area (Å²) in [5.41, 5.74) is 3.11. The van der Waals surface area contributed by atoms with Crippen molar-refractivity contribution < 1.29 is 24.2 Å². The van der Waals surface area contributed by atoms with E-state index >= 15 is 0 Å². The molecule has 3 heterocycles. The number of Topliss-reactive ketones (excluding diaryl/α,β-unsaturated/α-hetero) is 1. The van der Waals surface area contributed by atoms with Crippen molar-refractivity contribution in [2.45, 2.75) is 23.1 Å². The van der Waals surface area contributed by atoms with Crippen LogP contribution in [0.15, 0.2) is 76.6 Å². The molecule has 0 saturated carbocycles. The molecule has 1 saturated heterocycles. The summed E-state index contributed by atoms with van der Waals surface area (Å²) in [5, 5.41) is 20.6. The molecule has 1 aromatic heterocycles. The van der Waals surface area contributed by atoms with Crippen molar-refractivity contribution in [3.8, 4) is 11.5 Å². The number of anilines is 1. The molecular formula is C29H22ClN3O5S2. The van der Waals surface area contributed by atoms with Gasteiger partial charge in [0.25, 0.3) is 5.78 Å². The Morgan fingerprint density at radius 1 is 1.05 bits per heavy atom. The van der Waals surface area contributed by atoms with Crippen LogP contribution in [0.5, 0.6) is 11.5 Å². The number of fused-ring (bicyclic) bond motifs is 1. The lowest BCUT2D eigenvalue weighted by Crippen LogP contribution is -2.29. The van der Waals surface area contributed by atoms with Gasteiger partial charge in [-0.2, -0.15) is 0 Å². The van der Waals surface area contributed by atoms with Gasteiger partial charge < -0.3 is 14.6 Å². The minimum absolute atomic E-state index is 0.0759. The fourth-order valence-corrected chi connectivity index (χ4v) is 6.58. The quantitative estimate of drug-likeness (QED) is 0.0931. The minimum atomic E-state index is -0.963. The molecule has 0 radical (unpaired) electrons. The van der Waals surface area contributed by atoms with Crippen LogP contribution >= 0.6 is 34.7 Å². The van der Waals surface area contributed by atoms with Crippen molar-refractivity contribution in [1.82, 2.24) is 10.2 Å². The highest BCUT2D eigenvalue weighted by molar-refractivity contribution is 8.00. The van der Waals surface area contributed by atoms with Gasteiger partial charge in [0.1, 0.15) is 19.0 Å². The van der Waals surface area contributed by atoms with Gasteiger partial charge in [-0.25, -0.2) is 0 Å². The highest BCUT2D eigenvalue weighted by atomic mass is 35.5. The maximum atomic E-state index is 13.5. The number of aromatic nitrogens is 2. The number of nitrogens with zero attached hydrogens (tertiary/aromatic N) is 3. The molecule has 2 aliphatic rings. The monoisotopic (exact) mass is 591 g/mol. The Morgan fingerprint density at radius 3 is 2.60 bits per heavy atom. The number of thioether (sulfide) groups is 1. The molecule has 0 spiro atoms. The molecule has 3 aromatic carbocycles. The number of ketones is 1. The Labute approximate surface area is 243 Å². The van der Waals surface area contributed by atoms with Gasteiger partial charge in [0.15, 0.2) is 15.8 Å². The van der Waals surface area contributed by atoms with Crippen LogP contribution in [0.2, 0.25) is 5.02 Å². The maximum Gasteiger partial charge on any atom is 0.301 e. The second-order valence-corrected chi connectivity index (χ2v) is 11.8. The topological polar surface area (TPSA) is 102 Å². The number of halogens is 1. The number of amides is 1. The van der Waals surface area contributed by atoms with E-state index in [1.54, 1.807) is 42.5 Å². The Hall–Kier alpha value is -3.86. The first kappa shape index (κ1) is 26.4. The second-order valence-electron chi connectivity index (χ2n) is 9.21. The predicted molar refractivity (Wildman–Crippen MR) is 154 cm³/mol. The summed E-state index contributed by atoms with van der Waals surface area (Å²) in [6.45, 7) is 2.82. The van der Waals surface area contributed by atoms with Gasteiger partial charge in [0.05, 0.1) is 11.6 Å². The van der Waals surface area contributed by atoms with Gasteiger partial charge in [-0.05, 0) is 48.4 Å². The third kappa shape index (κ3) is 5.05. The van der Waals surface area contributed by atoms with Crippen LogP contribution in [0.1, 0.15) is 28.3 Å². The molecule has 40 heavy (non-hydrogen) atoms. The van der Waals surface area contributed by atoms with E-state index < -0.39 is 17.7 Å². The van der Waals surface area contributed by atoms with Crippen LogP contribution in [0.4, 0.5) is 5.13 Å². The number of ether oxygens (including phenoxy) is 2. The number of hydrogen-bond acceptors (Lipinski definition) is 9. The molecule has 8 nitrogen and oxygen atoms in total. The van der Waals surface area contributed by atoms with Gasteiger partial charge in [-0.15, -0.1) is 10.2 Å². The lowest BCUT2D eigenvalue weighted by atomic mass is 9.95. The van der Waals surface area contributed by atoms with E-state index in [-0.39, 0.29) is 16.5 Å². The Morgan fingerprint density at radius 2 is 1.82 bits per heavy atom. The van der Waals surface area contributed by atoms with Crippen molar-refractivity contribution in [2.75, 3.05) is 18.1 Å². The van der Waals surface area contributed by atoms with Crippen molar-refractivity contribution in [3.05, 3.63) is 99.6 Å². The Balaban J connectivity index is 1.38. The number of benzene rings is 3. The van der Waals surface area contributed by atoms with Crippen LogP contribution in [-0.2, 0) is 15.3 Å². The van der Waals surface area contributed by atoms with E-state index in [2.05, 4.69) is 22.3 Å². The molecule has 0 aliphatic carbocycles. The van der Waals surface area contributed by atoms with E-state index in [0.717, 1.165) is 5.56 Å². The molecule has 1 N–H and O–H groups in total. The molecular weight excluding hydrogens is 570 g/mol. The standard InChI is InChI=1S/C29H22ClN3O5S2/c1-16-5-7-17(8-6-16)15-39-29-32-31-28(40-29)33-24(18-3-2-4-20(30)13-18)23(26(35)27(33)36)25(34)19-9-10-21-22(14-19)38-12-11-37-21/h2-10,13-14,24,34H,11-12,15H2,1H3.